The van der Waals surface area contributed by atoms with Gasteiger partial charge in [0.15, 0.2) is 5.82 Å². The van der Waals surface area contributed by atoms with E-state index < -0.39 is 0 Å². The van der Waals surface area contributed by atoms with Crippen LogP contribution >= 0.6 is 23.2 Å². The zero-order valence-electron chi connectivity index (χ0n) is 10.4. The van der Waals surface area contributed by atoms with Gasteiger partial charge in [0.05, 0.1) is 10.0 Å². The minimum Gasteiger partial charge on any atom is -0.373 e. The SMILES string of the molecule is CNc1nc(-c2ccc(Cl)c(Cl)c2)nc(C)c1C. The first kappa shape index (κ1) is 13.1. The lowest BCUT2D eigenvalue weighted by molar-refractivity contribution is 1.07. The molecule has 3 nitrogen and oxygen atoms in total. The highest BCUT2D eigenvalue weighted by atomic mass is 35.5. The third-order valence-corrected chi connectivity index (χ3v) is 3.54. The number of hydrogen-bond acceptors (Lipinski definition) is 3. The van der Waals surface area contributed by atoms with Crippen LogP contribution in [-0.2, 0) is 0 Å². The zero-order valence-corrected chi connectivity index (χ0v) is 11.9. The summed E-state index contributed by atoms with van der Waals surface area (Å²) in [7, 11) is 1.84. The van der Waals surface area contributed by atoms with Crippen LogP contribution in [0.15, 0.2) is 18.2 Å². The molecular weight excluding hydrogens is 269 g/mol. The number of nitrogens with one attached hydrogen (secondary N) is 1. The lowest BCUT2D eigenvalue weighted by Gasteiger charge is -2.10. The number of aromatic nitrogens is 2. The average Bonchev–Trinajstić information content (AvgIpc) is 2.36. The molecule has 0 saturated carbocycles. The van der Waals surface area contributed by atoms with Crippen LogP contribution in [-0.4, -0.2) is 17.0 Å². The number of hydrogen-bond donors (Lipinski definition) is 1. The lowest BCUT2D eigenvalue weighted by Crippen LogP contribution is -2.02. The Kier molecular flexibility index (Phi) is 3.73. The summed E-state index contributed by atoms with van der Waals surface area (Å²) in [6.45, 7) is 3.94. The van der Waals surface area contributed by atoms with Gasteiger partial charge in [-0.05, 0) is 32.0 Å². The fourth-order valence-corrected chi connectivity index (χ4v) is 1.93. The Morgan fingerprint density at radius 3 is 2.39 bits per heavy atom. The molecule has 1 aromatic carbocycles. The molecule has 0 fully saturated rings. The molecule has 2 aromatic rings. The van der Waals surface area contributed by atoms with Crippen LogP contribution in [0.3, 0.4) is 0 Å². The lowest BCUT2D eigenvalue weighted by atomic mass is 10.2. The van der Waals surface area contributed by atoms with E-state index in [2.05, 4.69) is 15.3 Å². The van der Waals surface area contributed by atoms with Crippen molar-refractivity contribution in [1.82, 2.24) is 9.97 Å². The fourth-order valence-electron chi connectivity index (χ4n) is 1.64. The number of nitrogens with zero attached hydrogens (tertiary/aromatic N) is 2. The van der Waals surface area contributed by atoms with Gasteiger partial charge in [-0.1, -0.05) is 23.2 Å². The van der Waals surface area contributed by atoms with Crippen molar-refractivity contribution in [2.45, 2.75) is 13.8 Å². The number of aryl methyl sites for hydroxylation is 1. The van der Waals surface area contributed by atoms with Gasteiger partial charge in [-0.2, -0.15) is 0 Å². The average molecular weight is 282 g/mol. The quantitative estimate of drug-likeness (QED) is 0.900. The predicted molar refractivity (Wildman–Crippen MR) is 76.5 cm³/mol. The van der Waals surface area contributed by atoms with E-state index in [-0.39, 0.29) is 0 Å². The molecule has 18 heavy (non-hydrogen) atoms. The Morgan fingerprint density at radius 1 is 1.06 bits per heavy atom. The smallest absolute Gasteiger partial charge is 0.161 e. The maximum Gasteiger partial charge on any atom is 0.161 e. The highest BCUT2D eigenvalue weighted by Gasteiger charge is 2.09. The summed E-state index contributed by atoms with van der Waals surface area (Å²) >= 11 is 11.9. The Bertz CT molecular complexity index is 597. The normalized spacial score (nSPS) is 10.5. The van der Waals surface area contributed by atoms with Crippen LogP contribution in [0.1, 0.15) is 11.3 Å². The fraction of sp³-hybridized carbons (Fsp3) is 0.231. The zero-order chi connectivity index (χ0) is 13.3. The number of halogens is 2. The van der Waals surface area contributed by atoms with Crippen LogP contribution in [0.2, 0.25) is 10.0 Å². The molecule has 1 heterocycles. The topological polar surface area (TPSA) is 37.8 Å². The second-order valence-electron chi connectivity index (χ2n) is 3.99. The van der Waals surface area contributed by atoms with Crippen molar-refractivity contribution in [3.8, 4) is 11.4 Å². The maximum absolute atomic E-state index is 6.01. The van der Waals surface area contributed by atoms with Crippen LogP contribution in [0, 0.1) is 13.8 Å². The van der Waals surface area contributed by atoms with Gasteiger partial charge in [0.1, 0.15) is 5.82 Å². The highest BCUT2D eigenvalue weighted by molar-refractivity contribution is 6.42. The molecular formula is C13H13Cl2N3. The predicted octanol–water partition coefficient (Wildman–Crippen LogP) is 4.11. The monoisotopic (exact) mass is 281 g/mol. The molecule has 1 N–H and O–H groups in total. The molecule has 0 atom stereocenters. The molecule has 0 aliphatic rings. The van der Waals surface area contributed by atoms with Gasteiger partial charge >= 0.3 is 0 Å². The van der Waals surface area contributed by atoms with Crippen LogP contribution in [0.4, 0.5) is 5.82 Å². The summed E-state index contributed by atoms with van der Waals surface area (Å²) in [6, 6.07) is 5.38. The van der Waals surface area contributed by atoms with E-state index in [1.807, 2.05) is 27.0 Å². The van der Waals surface area contributed by atoms with Crippen molar-refractivity contribution >= 4 is 29.0 Å². The first-order valence-corrected chi connectivity index (χ1v) is 6.27. The summed E-state index contributed by atoms with van der Waals surface area (Å²) in [5.74, 6) is 1.46. The minimum atomic E-state index is 0.502. The maximum atomic E-state index is 6.01. The van der Waals surface area contributed by atoms with Crippen molar-refractivity contribution in [3.05, 3.63) is 39.5 Å². The molecule has 0 radical (unpaired) electrons. The Balaban J connectivity index is 2.57. The van der Waals surface area contributed by atoms with E-state index in [1.165, 1.54) is 0 Å². The van der Waals surface area contributed by atoms with Crippen molar-refractivity contribution in [1.29, 1.82) is 0 Å². The number of anilines is 1. The van der Waals surface area contributed by atoms with Crippen LogP contribution in [0.5, 0.6) is 0 Å². The van der Waals surface area contributed by atoms with E-state index in [4.69, 9.17) is 23.2 Å². The second kappa shape index (κ2) is 5.12. The van der Waals surface area contributed by atoms with E-state index >= 15 is 0 Å². The minimum absolute atomic E-state index is 0.502. The third kappa shape index (κ3) is 2.42. The summed E-state index contributed by atoms with van der Waals surface area (Å²) in [6.07, 6.45) is 0. The van der Waals surface area contributed by atoms with E-state index in [0.29, 0.717) is 15.9 Å². The molecule has 2 rings (SSSR count). The Morgan fingerprint density at radius 2 is 1.78 bits per heavy atom. The van der Waals surface area contributed by atoms with E-state index in [0.717, 1.165) is 22.6 Å². The Hall–Kier alpha value is -1.32. The first-order chi connectivity index (χ1) is 8.52. The molecule has 94 valence electrons. The molecule has 5 heteroatoms. The van der Waals surface area contributed by atoms with Gasteiger partial charge in [0, 0.05) is 23.9 Å². The van der Waals surface area contributed by atoms with E-state index in [9.17, 15) is 0 Å². The van der Waals surface area contributed by atoms with Gasteiger partial charge in [0.25, 0.3) is 0 Å². The largest absolute Gasteiger partial charge is 0.373 e. The summed E-state index contributed by atoms with van der Waals surface area (Å²) < 4.78 is 0. The molecule has 0 aliphatic carbocycles. The summed E-state index contributed by atoms with van der Waals surface area (Å²) in [4.78, 5) is 8.94. The summed E-state index contributed by atoms with van der Waals surface area (Å²) in [5, 5.41) is 4.09. The van der Waals surface area contributed by atoms with Crippen LogP contribution in [0.25, 0.3) is 11.4 Å². The first-order valence-electron chi connectivity index (χ1n) is 5.51. The van der Waals surface area contributed by atoms with Gasteiger partial charge < -0.3 is 5.32 Å². The van der Waals surface area contributed by atoms with E-state index in [1.54, 1.807) is 12.1 Å². The molecule has 0 aliphatic heterocycles. The van der Waals surface area contributed by atoms with Gasteiger partial charge in [0.2, 0.25) is 0 Å². The van der Waals surface area contributed by atoms with Gasteiger partial charge in [-0.15, -0.1) is 0 Å². The highest BCUT2D eigenvalue weighted by Crippen LogP contribution is 2.28. The van der Waals surface area contributed by atoms with Crippen molar-refractivity contribution in [2.75, 3.05) is 12.4 Å². The van der Waals surface area contributed by atoms with Crippen LogP contribution < -0.4 is 5.32 Å². The molecule has 0 unspecified atom stereocenters. The van der Waals surface area contributed by atoms with Crippen molar-refractivity contribution in [2.24, 2.45) is 0 Å². The molecule has 0 amide bonds. The molecule has 1 aromatic heterocycles. The number of benzene rings is 1. The molecule has 0 saturated heterocycles. The summed E-state index contributed by atoms with van der Waals surface area (Å²) in [5.41, 5.74) is 2.83. The standard InChI is InChI=1S/C13H13Cl2N3/c1-7-8(2)17-13(18-12(7)16-3)9-4-5-10(14)11(15)6-9/h4-6H,1-3H3,(H,16,17,18). The second-order valence-corrected chi connectivity index (χ2v) is 4.80. The molecule has 0 spiro atoms. The van der Waals surface area contributed by atoms with Crippen molar-refractivity contribution in [3.63, 3.8) is 0 Å². The van der Waals surface area contributed by atoms with Gasteiger partial charge in [-0.3, -0.25) is 0 Å². The third-order valence-electron chi connectivity index (χ3n) is 2.80. The van der Waals surface area contributed by atoms with Crippen molar-refractivity contribution < 1.29 is 0 Å². The Labute approximate surface area is 116 Å². The number of rotatable bonds is 2. The molecule has 0 bridgehead atoms. The van der Waals surface area contributed by atoms with Gasteiger partial charge in [-0.25, -0.2) is 9.97 Å².